The zero-order chi connectivity index (χ0) is 25.5. The van der Waals surface area contributed by atoms with E-state index in [1.165, 1.54) is 17.4 Å². The Kier molecular flexibility index (Phi) is 7.60. The smallest absolute Gasteiger partial charge is 0.253 e. The summed E-state index contributed by atoms with van der Waals surface area (Å²) >= 11 is 0. The highest BCUT2D eigenvalue weighted by atomic mass is 16.5. The van der Waals surface area contributed by atoms with E-state index in [0.29, 0.717) is 34.7 Å². The Hall–Kier alpha value is -4.66. The normalized spacial score (nSPS) is 11.5. The Morgan fingerprint density at radius 1 is 1.06 bits per heavy atom. The van der Waals surface area contributed by atoms with E-state index in [1.54, 1.807) is 43.8 Å². The van der Waals surface area contributed by atoms with Crippen LogP contribution in [0.2, 0.25) is 0 Å². The Balaban J connectivity index is 1.55. The van der Waals surface area contributed by atoms with Crippen molar-refractivity contribution in [3.63, 3.8) is 0 Å². The molecule has 2 aromatic heterocycles. The fourth-order valence-electron chi connectivity index (χ4n) is 3.65. The summed E-state index contributed by atoms with van der Waals surface area (Å²) < 4.78 is 11.0. The Bertz CT molecular complexity index is 1340. The van der Waals surface area contributed by atoms with Gasteiger partial charge in [-0.1, -0.05) is 37.3 Å². The van der Waals surface area contributed by atoms with Gasteiger partial charge in [-0.15, -0.1) is 0 Å². The number of amides is 1. The predicted octanol–water partition coefficient (Wildman–Crippen LogP) is 4.60. The highest BCUT2D eigenvalue weighted by molar-refractivity contribution is 6.03. The lowest BCUT2D eigenvalue weighted by atomic mass is 10.0. The third-order valence-corrected chi connectivity index (χ3v) is 5.53. The second kappa shape index (κ2) is 11.2. The number of ether oxygens (including phenoxy) is 1. The van der Waals surface area contributed by atoms with Crippen LogP contribution in [0.1, 0.15) is 34.1 Å². The number of hydrogen-bond donors (Lipinski definition) is 2. The molecule has 9 heteroatoms. The van der Waals surface area contributed by atoms with Gasteiger partial charge in [-0.3, -0.25) is 25.6 Å². The second-order valence-electron chi connectivity index (χ2n) is 8.38. The molecule has 2 N–H and O–H groups in total. The van der Waals surface area contributed by atoms with E-state index >= 15 is 0 Å². The summed E-state index contributed by atoms with van der Waals surface area (Å²) in [7, 11) is 1.66. The van der Waals surface area contributed by atoms with Crippen LogP contribution in [0.3, 0.4) is 0 Å². The van der Waals surface area contributed by atoms with Gasteiger partial charge < -0.3 is 14.1 Å². The number of oxazole rings is 1. The van der Waals surface area contributed by atoms with Crippen molar-refractivity contribution in [3.05, 3.63) is 102 Å². The van der Waals surface area contributed by atoms with Crippen LogP contribution in [-0.4, -0.2) is 44.6 Å². The summed E-state index contributed by atoms with van der Waals surface area (Å²) in [6.07, 6.45) is 8.30. The van der Waals surface area contributed by atoms with Crippen LogP contribution in [0.15, 0.2) is 84.0 Å². The molecule has 2 heterocycles. The second-order valence-corrected chi connectivity index (χ2v) is 8.38. The average molecular weight is 483 g/mol. The number of hydrogen-bond acceptors (Lipinski definition) is 8. The molecule has 0 aliphatic heterocycles. The number of carbonyl (C=O) groups excluding carboxylic acids is 1. The first-order valence-corrected chi connectivity index (χ1v) is 11.3. The van der Waals surface area contributed by atoms with Crippen LogP contribution in [0.4, 0.5) is 0 Å². The molecule has 0 bridgehead atoms. The number of carbonyl (C=O) groups is 1. The summed E-state index contributed by atoms with van der Waals surface area (Å²) in [6.45, 7) is 2.14. The lowest BCUT2D eigenvalue weighted by molar-refractivity contribution is 0.0783. The van der Waals surface area contributed by atoms with E-state index < -0.39 is 0 Å². The van der Waals surface area contributed by atoms with Crippen LogP contribution in [-0.2, 0) is 17.7 Å². The quantitative estimate of drug-likeness (QED) is 0.279. The molecule has 0 saturated heterocycles. The van der Waals surface area contributed by atoms with Gasteiger partial charge in [0.2, 0.25) is 11.8 Å². The van der Waals surface area contributed by atoms with Crippen molar-refractivity contribution in [3.8, 4) is 11.5 Å². The highest BCUT2D eigenvalue weighted by Crippen LogP contribution is 2.23. The fraction of sp³-hybridized carbons (Fsp3) is 0.185. The van der Waals surface area contributed by atoms with Crippen molar-refractivity contribution in [2.75, 3.05) is 7.05 Å². The van der Waals surface area contributed by atoms with Gasteiger partial charge in [-0.25, -0.2) is 4.98 Å². The van der Waals surface area contributed by atoms with Crippen LogP contribution in [0, 0.1) is 16.7 Å². The number of nitrogens with zero attached hydrogens (tertiary/aromatic N) is 4. The zero-order valence-electron chi connectivity index (χ0n) is 20.0. The van der Waals surface area contributed by atoms with Crippen LogP contribution < -0.4 is 0 Å². The van der Waals surface area contributed by atoms with E-state index in [0.717, 1.165) is 5.56 Å². The molecule has 0 aliphatic rings. The first kappa shape index (κ1) is 24.5. The van der Waals surface area contributed by atoms with Crippen LogP contribution in [0.25, 0.3) is 11.5 Å². The first-order chi connectivity index (χ1) is 17.4. The van der Waals surface area contributed by atoms with Gasteiger partial charge in [0, 0.05) is 42.0 Å². The molecule has 4 aromatic rings. The maximum absolute atomic E-state index is 13.3. The third-order valence-electron chi connectivity index (χ3n) is 5.53. The predicted molar refractivity (Wildman–Crippen MR) is 135 cm³/mol. The summed E-state index contributed by atoms with van der Waals surface area (Å²) in [6, 6.07) is 14.7. The highest BCUT2D eigenvalue weighted by Gasteiger charge is 2.20. The maximum atomic E-state index is 13.3. The molecule has 1 amide bonds. The summed E-state index contributed by atoms with van der Waals surface area (Å²) in [5.41, 5.74) is 2.90. The molecule has 182 valence electrons. The topological polar surface area (TPSA) is 129 Å². The molecule has 4 rings (SSSR count). The minimum absolute atomic E-state index is 0.0296. The van der Waals surface area contributed by atoms with E-state index in [-0.39, 0.29) is 30.2 Å². The standard InChI is InChI=1S/C27H26N6O3/c1-18(12-19-6-4-3-5-7-19)24(28)36-25(29)20-13-21(26-32-10-11-35-26)15-22(14-20)27(34)33(2)17-23-16-30-8-9-31-23/h3-11,13-16,18,28-29H,12,17H2,1-2H3. The monoisotopic (exact) mass is 482 g/mol. The lowest BCUT2D eigenvalue weighted by Gasteiger charge is -2.18. The number of rotatable bonds is 8. The van der Waals surface area contributed by atoms with Crippen molar-refractivity contribution in [1.82, 2.24) is 19.9 Å². The third kappa shape index (κ3) is 6.06. The minimum atomic E-state index is -0.282. The molecule has 2 aromatic carbocycles. The van der Waals surface area contributed by atoms with Crippen molar-refractivity contribution in [2.45, 2.75) is 19.9 Å². The molecule has 1 unspecified atom stereocenters. The summed E-state index contributed by atoms with van der Waals surface area (Å²) in [5.74, 6) is -0.475. The molecular weight excluding hydrogens is 456 g/mol. The van der Waals surface area contributed by atoms with Gasteiger partial charge in [0.25, 0.3) is 5.91 Å². The average Bonchev–Trinajstić information content (AvgIpc) is 3.44. The molecule has 0 spiro atoms. The number of benzene rings is 2. The fourth-order valence-corrected chi connectivity index (χ4v) is 3.65. The van der Waals surface area contributed by atoms with Crippen LogP contribution in [0.5, 0.6) is 0 Å². The molecule has 36 heavy (non-hydrogen) atoms. The summed E-state index contributed by atoms with van der Waals surface area (Å²) in [5, 5.41) is 16.9. The van der Waals surface area contributed by atoms with Gasteiger partial charge in [0.15, 0.2) is 5.90 Å². The van der Waals surface area contributed by atoms with Gasteiger partial charge in [-0.05, 0) is 30.2 Å². The first-order valence-electron chi connectivity index (χ1n) is 11.3. The van der Waals surface area contributed by atoms with Crippen molar-refractivity contribution >= 4 is 17.7 Å². The maximum Gasteiger partial charge on any atom is 0.253 e. The summed E-state index contributed by atoms with van der Waals surface area (Å²) in [4.78, 5) is 27.2. The van der Waals surface area contributed by atoms with E-state index in [9.17, 15) is 4.79 Å². The molecule has 9 nitrogen and oxygen atoms in total. The lowest BCUT2D eigenvalue weighted by Crippen LogP contribution is -2.27. The molecule has 0 radical (unpaired) electrons. The minimum Gasteiger partial charge on any atom is -0.445 e. The van der Waals surface area contributed by atoms with E-state index in [4.69, 9.17) is 20.0 Å². The van der Waals surface area contributed by atoms with Gasteiger partial charge >= 0.3 is 0 Å². The zero-order valence-corrected chi connectivity index (χ0v) is 20.0. The van der Waals surface area contributed by atoms with Gasteiger partial charge in [-0.2, -0.15) is 0 Å². The van der Waals surface area contributed by atoms with E-state index in [2.05, 4.69) is 15.0 Å². The number of nitrogens with one attached hydrogen (secondary N) is 2. The molecule has 0 fully saturated rings. The Morgan fingerprint density at radius 3 is 2.53 bits per heavy atom. The van der Waals surface area contributed by atoms with Crippen molar-refractivity contribution < 1.29 is 13.9 Å². The van der Waals surface area contributed by atoms with Crippen molar-refractivity contribution in [1.29, 1.82) is 10.8 Å². The number of aromatic nitrogens is 3. The van der Waals surface area contributed by atoms with Gasteiger partial charge in [0.05, 0.1) is 24.6 Å². The molecule has 1 atom stereocenters. The SMILES string of the molecule is CC(Cc1ccccc1)C(=N)OC(=N)c1cc(C(=O)N(C)Cc2cnccn2)cc(-c2ncco2)c1. The Labute approximate surface area is 208 Å². The van der Waals surface area contributed by atoms with Gasteiger partial charge in [0.1, 0.15) is 6.26 Å². The largest absolute Gasteiger partial charge is 0.445 e. The molecule has 0 saturated carbocycles. The van der Waals surface area contributed by atoms with Crippen LogP contribution >= 0.6 is 0 Å². The Morgan fingerprint density at radius 2 is 1.83 bits per heavy atom. The van der Waals surface area contributed by atoms with Crippen molar-refractivity contribution in [2.24, 2.45) is 5.92 Å². The molecule has 0 aliphatic carbocycles. The van der Waals surface area contributed by atoms with E-state index in [1.807, 2.05) is 37.3 Å². The molecular formula is C27H26N6O3.